The highest BCUT2D eigenvalue weighted by atomic mass is 16.5. The molecule has 2 atom stereocenters. The number of likely N-dealkylation sites (tertiary alicyclic amines) is 1. The molecule has 2 aliphatic heterocycles. The zero-order valence-electron chi connectivity index (χ0n) is 17.2. The molecule has 1 N–H and O–H groups in total. The van der Waals surface area contributed by atoms with Crippen LogP contribution in [0.15, 0.2) is 18.2 Å². The third-order valence-corrected chi connectivity index (χ3v) is 6.15. The van der Waals surface area contributed by atoms with E-state index >= 15 is 0 Å². The van der Waals surface area contributed by atoms with E-state index in [1.807, 2.05) is 31.7 Å². The fraction of sp³-hybridized carbons (Fsp3) is 0.682. The van der Waals surface area contributed by atoms with E-state index in [-0.39, 0.29) is 23.8 Å². The molecule has 0 aliphatic carbocycles. The predicted octanol–water partition coefficient (Wildman–Crippen LogP) is 3.13. The number of aryl methyl sites for hydroxylation is 1. The number of aliphatic hydroxyl groups excluding tert-OH is 1. The largest absolute Gasteiger partial charge is 0.478 e. The third kappa shape index (κ3) is 3.85. The number of hydrogen-bond donors (Lipinski definition) is 1. The highest BCUT2D eigenvalue weighted by Crippen LogP contribution is 2.42. The van der Waals surface area contributed by atoms with Gasteiger partial charge in [0, 0.05) is 31.0 Å². The Morgan fingerprint density at radius 3 is 2.81 bits per heavy atom. The van der Waals surface area contributed by atoms with E-state index in [2.05, 4.69) is 26.0 Å². The quantitative estimate of drug-likeness (QED) is 0.859. The molecule has 150 valence electrons. The van der Waals surface area contributed by atoms with E-state index in [1.165, 1.54) is 0 Å². The van der Waals surface area contributed by atoms with Crippen molar-refractivity contribution in [2.45, 2.75) is 52.6 Å². The first-order valence-electron chi connectivity index (χ1n) is 9.96. The number of hydrogen-bond acceptors (Lipinski definition) is 4. The summed E-state index contributed by atoms with van der Waals surface area (Å²) < 4.78 is 11.9. The second kappa shape index (κ2) is 7.44. The fourth-order valence-electron chi connectivity index (χ4n) is 4.37. The highest BCUT2D eigenvalue weighted by molar-refractivity contribution is 5.85. The van der Waals surface area contributed by atoms with Crippen molar-refractivity contribution >= 4 is 5.91 Å². The van der Waals surface area contributed by atoms with Gasteiger partial charge in [0.2, 0.25) is 0 Å². The SMILES string of the molecule is Cc1ccc(C(C)C)c(OC(C)(C)C(=O)N2C[C@@H]3COCC[C@]3(CO)C2)c1. The molecule has 0 bridgehead atoms. The standard InChI is InChI=1S/C22H33NO4/c1-15(2)18-7-6-16(3)10-19(18)27-21(4,5)20(25)23-11-17-12-26-9-8-22(17,13-23)14-24/h6-7,10,15,17,24H,8-9,11-14H2,1-5H3/t17-,22-/m1/s1. The maximum atomic E-state index is 13.3. The van der Waals surface area contributed by atoms with Crippen molar-refractivity contribution in [1.29, 1.82) is 0 Å². The first kappa shape index (κ1) is 20.2. The second-order valence-electron chi connectivity index (χ2n) is 9.04. The van der Waals surface area contributed by atoms with Gasteiger partial charge in [0.1, 0.15) is 5.75 Å². The highest BCUT2D eigenvalue weighted by Gasteiger charge is 2.51. The molecule has 1 amide bonds. The summed E-state index contributed by atoms with van der Waals surface area (Å²) in [5.41, 5.74) is 1.02. The molecule has 2 fully saturated rings. The van der Waals surface area contributed by atoms with Crippen LogP contribution in [0.2, 0.25) is 0 Å². The molecule has 1 aromatic rings. The van der Waals surface area contributed by atoms with Gasteiger partial charge in [0.05, 0.1) is 13.2 Å². The summed E-state index contributed by atoms with van der Waals surface area (Å²) in [4.78, 5) is 15.2. The van der Waals surface area contributed by atoms with E-state index in [0.717, 1.165) is 23.3 Å². The lowest BCUT2D eigenvalue weighted by molar-refractivity contribution is -0.145. The summed E-state index contributed by atoms with van der Waals surface area (Å²) in [5.74, 6) is 1.26. The number of aliphatic hydroxyl groups is 1. The van der Waals surface area contributed by atoms with E-state index in [9.17, 15) is 9.90 Å². The van der Waals surface area contributed by atoms with Crippen LogP contribution >= 0.6 is 0 Å². The van der Waals surface area contributed by atoms with Crippen LogP contribution in [0.25, 0.3) is 0 Å². The fourth-order valence-corrected chi connectivity index (χ4v) is 4.37. The van der Waals surface area contributed by atoms with E-state index in [0.29, 0.717) is 32.2 Å². The van der Waals surface area contributed by atoms with Crippen LogP contribution in [-0.4, -0.2) is 54.4 Å². The van der Waals surface area contributed by atoms with Gasteiger partial charge in [0.25, 0.3) is 5.91 Å². The molecule has 0 unspecified atom stereocenters. The Labute approximate surface area is 162 Å². The number of fused-ring (bicyclic) bond motifs is 1. The number of carbonyl (C=O) groups excluding carboxylic acids is 1. The molecule has 2 aliphatic rings. The van der Waals surface area contributed by atoms with Gasteiger partial charge in [-0.1, -0.05) is 26.0 Å². The average Bonchev–Trinajstić information content (AvgIpc) is 3.00. The molecule has 1 aromatic carbocycles. The van der Waals surface area contributed by atoms with Crippen LogP contribution in [-0.2, 0) is 9.53 Å². The van der Waals surface area contributed by atoms with Gasteiger partial charge in [-0.3, -0.25) is 4.79 Å². The van der Waals surface area contributed by atoms with Crippen molar-refractivity contribution in [2.24, 2.45) is 11.3 Å². The van der Waals surface area contributed by atoms with Gasteiger partial charge in [-0.15, -0.1) is 0 Å². The van der Waals surface area contributed by atoms with Crippen molar-refractivity contribution in [1.82, 2.24) is 4.90 Å². The van der Waals surface area contributed by atoms with Gasteiger partial charge in [-0.2, -0.15) is 0 Å². The summed E-state index contributed by atoms with van der Waals surface area (Å²) in [6, 6.07) is 6.17. The number of amides is 1. The molecule has 0 spiro atoms. The topological polar surface area (TPSA) is 59.0 Å². The maximum Gasteiger partial charge on any atom is 0.266 e. The lowest BCUT2D eigenvalue weighted by atomic mass is 9.75. The van der Waals surface area contributed by atoms with E-state index in [4.69, 9.17) is 9.47 Å². The van der Waals surface area contributed by atoms with Crippen molar-refractivity contribution in [3.05, 3.63) is 29.3 Å². The van der Waals surface area contributed by atoms with Crippen molar-refractivity contribution < 1.29 is 19.4 Å². The van der Waals surface area contributed by atoms with Gasteiger partial charge >= 0.3 is 0 Å². The van der Waals surface area contributed by atoms with Crippen LogP contribution in [0, 0.1) is 18.3 Å². The van der Waals surface area contributed by atoms with Crippen molar-refractivity contribution in [2.75, 3.05) is 32.9 Å². The first-order valence-corrected chi connectivity index (χ1v) is 9.96. The van der Waals surface area contributed by atoms with E-state index in [1.54, 1.807) is 0 Å². The molecule has 5 nitrogen and oxygen atoms in total. The maximum absolute atomic E-state index is 13.3. The Hall–Kier alpha value is -1.59. The van der Waals surface area contributed by atoms with Crippen molar-refractivity contribution in [3.63, 3.8) is 0 Å². The van der Waals surface area contributed by atoms with Crippen LogP contribution in [0.3, 0.4) is 0 Å². The number of rotatable bonds is 5. The summed E-state index contributed by atoms with van der Waals surface area (Å²) >= 11 is 0. The number of carbonyl (C=O) groups is 1. The first-order chi connectivity index (χ1) is 12.7. The Morgan fingerprint density at radius 1 is 1.44 bits per heavy atom. The lowest BCUT2D eigenvalue weighted by Crippen LogP contribution is -2.49. The van der Waals surface area contributed by atoms with Gasteiger partial charge in [0.15, 0.2) is 5.60 Å². The summed E-state index contributed by atoms with van der Waals surface area (Å²) in [6.07, 6.45) is 0.800. The molecule has 2 heterocycles. The third-order valence-electron chi connectivity index (χ3n) is 6.15. The van der Waals surface area contributed by atoms with Gasteiger partial charge in [-0.25, -0.2) is 0 Å². The molecular weight excluding hydrogens is 342 g/mol. The predicted molar refractivity (Wildman–Crippen MR) is 105 cm³/mol. The number of nitrogens with zero attached hydrogens (tertiary/aromatic N) is 1. The normalized spacial score (nSPS) is 25.6. The number of benzene rings is 1. The lowest BCUT2D eigenvalue weighted by Gasteiger charge is -2.36. The minimum atomic E-state index is -0.970. The minimum absolute atomic E-state index is 0.0269. The Kier molecular flexibility index (Phi) is 5.55. The Balaban J connectivity index is 1.80. The zero-order valence-corrected chi connectivity index (χ0v) is 17.2. The van der Waals surface area contributed by atoms with Gasteiger partial charge in [-0.05, 0) is 50.3 Å². The molecule has 0 radical (unpaired) electrons. The van der Waals surface area contributed by atoms with Crippen LogP contribution in [0.1, 0.15) is 51.2 Å². The molecule has 27 heavy (non-hydrogen) atoms. The second-order valence-corrected chi connectivity index (χ2v) is 9.04. The van der Waals surface area contributed by atoms with Crippen molar-refractivity contribution in [3.8, 4) is 5.75 Å². The zero-order chi connectivity index (χ0) is 19.8. The minimum Gasteiger partial charge on any atom is -0.478 e. The smallest absolute Gasteiger partial charge is 0.266 e. The summed E-state index contributed by atoms with van der Waals surface area (Å²) in [6.45, 7) is 12.5. The summed E-state index contributed by atoms with van der Waals surface area (Å²) in [5, 5.41) is 9.99. The van der Waals surface area contributed by atoms with Crippen LogP contribution in [0.4, 0.5) is 0 Å². The van der Waals surface area contributed by atoms with E-state index < -0.39 is 5.60 Å². The molecule has 2 saturated heterocycles. The molecule has 3 rings (SSSR count). The Bertz CT molecular complexity index is 700. The van der Waals surface area contributed by atoms with Gasteiger partial charge < -0.3 is 19.5 Å². The number of ether oxygens (including phenoxy) is 2. The molecule has 0 saturated carbocycles. The Morgan fingerprint density at radius 2 is 2.19 bits per heavy atom. The van der Waals surface area contributed by atoms with Crippen LogP contribution in [0.5, 0.6) is 5.75 Å². The van der Waals surface area contributed by atoms with Crippen LogP contribution < -0.4 is 4.74 Å². The molecular formula is C22H33NO4. The monoisotopic (exact) mass is 375 g/mol. The molecule has 0 aromatic heterocycles. The molecule has 5 heteroatoms. The summed E-state index contributed by atoms with van der Waals surface area (Å²) in [7, 11) is 0. The average molecular weight is 376 g/mol.